The van der Waals surface area contributed by atoms with Crippen LogP contribution in [0.25, 0.3) is 0 Å². The van der Waals surface area contributed by atoms with Gasteiger partial charge in [-0.25, -0.2) is 4.72 Å². The normalized spacial score (nSPS) is 28.3. The van der Waals surface area contributed by atoms with Crippen molar-refractivity contribution in [2.75, 3.05) is 6.54 Å². The van der Waals surface area contributed by atoms with E-state index in [1.807, 2.05) is 0 Å². The summed E-state index contributed by atoms with van der Waals surface area (Å²) < 4.78 is 29.6. The molecule has 5 nitrogen and oxygen atoms in total. The van der Waals surface area contributed by atoms with E-state index in [0.29, 0.717) is 25.3 Å². The number of piperidine rings is 1. The molecule has 24 heavy (non-hydrogen) atoms. The number of nitrogens with one attached hydrogen (secondary N) is 1. The van der Waals surface area contributed by atoms with Crippen molar-refractivity contribution in [3.8, 4) is 0 Å². The number of carbonyl (C=O) groups is 1. The standard InChI is InChI=1S/C17H24N2O3S2/c20-17(13-8-14-10-23-11-15(14)9-13)18-24(21,22)19-7-3-5-12-4-1-2-6-16(12)19/h10-13,16H,1-9H2,(H,18,20)/t12-,16-/m0/s1. The summed E-state index contributed by atoms with van der Waals surface area (Å²) in [6, 6.07) is 0.0857. The first-order chi connectivity index (χ1) is 11.5. The van der Waals surface area contributed by atoms with Crippen LogP contribution in [0.1, 0.15) is 49.7 Å². The molecule has 1 saturated carbocycles. The van der Waals surface area contributed by atoms with E-state index in [1.54, 1.807) is 15.6 Å². The minimum Gasteiger partial charge on any atom is -0.274 e. The third-order valence-corrected chi connectivity index (χ3v) is 8.24. The van der Waals surface area contributed by atoms with E-state index in [0.717, 1.165) is 32.1 Å². The van der Waals surface area contributed by atoms with Crippen molar-refractivity contribution in [3.63, 3.8) is 0 Å². The summed E-state index contributed by atoms with van der Waals surface area (Å²) in [4.78, 5) is 12.5. The second kappa shape index (κ2) is 6.42. The lowest BCUT2D eigenvalue weighted by Crippen LogP contribution is -2.55. The van der Waals surface area contributed by atoms with Crippen molar-refractivity contribution in [1.29, 1.82) is 0 Å². The fourth-order valence-electron chi connectivity index (χ4n) is 4.64. The maximum atomic E-state index is 12.8. The zero-order valence-corrected chi connectivity index (χ0v) is 15.4. The second-order valence-electron chi connectivity index (χ2n) is 7.36. The quantitative estimate of drug-likeness (QED) is 0.891. The predicted molar refractivity (Wildman–Crippen MR) is 94.0 cm³/mol. The highest BCUT2D eigenvalue weighted by molar-refractivity contribution is 7.87. The highest BCUT2D eigenvalue weighted by atomic mass is 32.2. The van der Waals surface area contributed by atoms with Gasteiger partial charge in [0, 0.05) is 18.5 Å². The number of nitrogens with zero attached hydrogens (tertiary/aromatic N) is 1. The summed E-state index contributed by atoms with van der Waals surface area (Å²) in [5, 5.41) is 4.13. The highest BCUT2D eigenvalue weighted by Gasteiger charge is 2.41. The Hall–Kier alpha value is -0.920. The largest absolute Gasteiger partial charge is 0.304 e. The highest BCUT2D eigenvalue weighted by Crippen LogP contribution is 2.36. The third-order valence-electron chi connectivity index (χ3n) is 5.87. The van der Waals surface area contributed by atoms with Gasteiger partial charge in [-0.05, 0) is 66.3 Å². The molecule has 7 heteroatoms. The van der Waals surface area contributed by atoms with Gasteiger partial charge in [-0.2, -0.15) is 24.1 Å². The zero-order chi connectivity index (χ0) is 16.7. The molecule has 3 aliphatic rings. The van der Waals surface area contributed by atoms with E-state index in [9.17, 15) is 13.2 Å². The fourth-order valence-corrected chi connectivity index (χ4v) is 7.08. The molecule has 2 heterocycles. The first kappa shape index (κ1) is 16.5. The molecule has 1 aromatic heterocycles. The molecule has 2 atom stereocenters. The molecule has 0 unspecified atom stereocenters. The summed E-state index contributed by atoms with van der Waals surface area (Å²) >= 11 is 1.65. The Kier molecular flexibility index (Phi) is 4.43. The van der Waals surface area contributed by atoms with Gasteiger partial charge in [-0.1, -0.05) is 12.8 Å². The first-order valence-electron chi connectivity index (χ1n) is 8.92. The van der Waals surface area contributed by atoms with Crippen LogP contribution in [0.5, 0.6) is 0 Å². The van der Waals surface area contributed by atoms with Gasteiger partial charge in [0.1, 0.15) is 0 Å². The predicted octanol–water partition coefficient (Wildman–Crippen LogP) is 2.48. The van der Waals surface area contributed by atoms with Gasteiger partial charge in [0.05, 0.1) is 0 Å². The van der Waals surface area contributed by atoms with Gasteiger partial charge in [0.25, 0.3) is 0 Å². The monoisotopic (exact) mass is 368 g/mol. The van der Waals surface area contributed by atoms with Crippen LogP contribution in [0.3, 0.4) is 0 Å². The Morgan fingerprint density at radius 1 is 1.08 bits per heavy atom. The summed E-state index contributed by atoms with van der Waals surface area (Å²) in [5.41, 5.74) is 2.39. The van der Waals surface area contributed by atoms with Crippen molar-refractivity contribution < 1.29 is 13.2 Å². The molecule has 1 aliphatic heterocycles. The Morgan fingerprint density at radius 2 is 1.75 bits per heavy atom. The van der Waals surface area contributed by atoms with Gasteiger partial charge in [-0.3, -0.25) is 4.79 Å². The molecule has 2 fully saturated rings. The summed E-state index contributed by atoms with van der Waals surface area (Å²) in [7, 11) is -3.72. The van der Waals surface area contributed by atoms with Crippen molar-refractivity contribution in [3.05, 3.63) is 21.9 Å². The van der Waals surface area contributed by atoms with Crippen molar-refractivity contribution >= 4 is 27.5 Å². The number of amides is 1. The summed E-state index contributed by atoms with van der Waals surface area (Å²) in [6.07, 6.45) is 7.67. The minimum absolute atomic E-state index is 0.0857. The lowest BCUT2D eigenvalue weighted by Gasteiger charge is -2.42. The molecule has 0 aromatic carbocycles. The number of hydrogen-bond donors (Lipinski definition) is 1. The molecule has 1 saturated heterocycles. The first-order valence-corrected chi connectivity index (χ1v) is 11.3. The topological polar surface area (TPSA) is 66.5 Å². The molecular formula is C17H24N2O3S2. The van der Waals surface area contributed by atoms with E-state index >= 15 is 0 Å². The van der Waals surface area contributed by atoms with Gasteiger partial charge >= 0.3 is 10.2 Å². The second-order valence-corrected chi connectivity index (χ2v) is 9.73. The Morgan fingerprint density at radius 3 is 2.50 bits per heavy atom. The fraction of sp³-hybridized carbons (Fsp3) is 0.706. The average molecular weight is 369 g/mol. The van der Waals surface area contributed by atoms with Crippen molar-refractivity contribution in [1.82, 2.24) is 9.03 Å². The molecule has 1 N–H and O–H groups in total. The van der Waals surface area contributed by atoms with Crippen LogP contribution in [-0.4, -0.2) is 31.2 Å². The number of fused-ring (bicyclic) bond motifs is 2. The zero-order valence-electron chi connectivity index (χ0n) is 13.7. The van der Waals surface area contributed by atoms with Crippen LogP contribution in [-0.2, 0) is 27.8 Å². The maximum Gasteiger partial charge on any atom is 0.304 e. The van der Waals surface area contributed by atoms with E-state index in [4.69, 9.17) is 0 Å². The van der Waals surface area contributed by atoms with Gasteiger partial charge in [-0.15, -0.1) is 0 Å². The average Bonchev–Trinajstić information content (AvgIpc) is 3.15. The van der Waals surface area contributed by atoms with Crippen LogP contribution in [0, 0.1) is 11.8 Å². The summed E-state index contributed by atoms with van der Waals surface area (Å²) in [6.45, 7) is 0.543. The van der Waals surface area contributed by atoms with Crippen molar-refractivity contribution in [2.24, 2.45) is 11.8 Å². The van der Waals surface area contributed by atoms with E-state index in [2.05, 4.69) is 15.5 Å². The summed E-state index contributed by atoms with van der Waals surface area (Å²) in [5.74, 6) is -0.114. The molecule has 4 rings (SSSR count). The van der Waals surface area contributed by atoms with E-state index in [1.165, 1.54) is 17.5 Å². The minimum atomic E-state index is -3.72. The molecule has 0 bridgehead atoms. The van der Waals surface area contributed by atoms with Crippen LogP contribution in [0.2, 0.25) is 0 Å². The molecular weight excluding hydrogens is 344 g/mol. The Balaban J connectivity index is 1.44. The lowest BCUT2D eigenvalue weighted by atomic mass is 9.79. The lowest BCUT2D eigenvalue weighted by molar-refractivity contribution is -0.123. The van der Waals surface area contributed by atoms with Crippen LogP contribution < -0.4 is 4.72 Å². The van der Waals surface area contributed by atoms with Crippen LogP contribution >= 0.6 is 11.3 Å². The Labute approximate surface area is 147 Å². The van der Waals surface area contributed by atoms with Crippen LogP contribution in [0.15, 0.2) is 10.8 Å². The number of thiophene rings is 1. The van der Waals surface area contributed by atoms with Crippen molar-refractivity contribution in [2.45, 2.75) is 57.4 Å². The Bertz CT molecular complexity index is 705. The number of rotatable bonds is 3. The maximum absolute atomic E-state index is 12.8. The number of hydrogen-bond acceptors (Lipinski definition) is 4. The van der Waals surface area contributed by atoms with Gasteiger partial charge in [0.2, 0.25) is 5.91 Å². The SMILES string of the molecule is O=C(NS(=O)(=O)N1CCC[C@@H]2CCCC[C@@H]21)C1Cc2cscc2C1. The molecule has 1 aromatic rings. The van der Waals surface area contributed by atoms with Crippen LogP contribution in [0.4, 0.5) is 0 Å². The molecule has 1 amide bonds. The third kappa shape index (κ3) is 3.02. The van der Waals surface area contributed by atoms with Gasteiger partial charge in [0.15, 0.2) is 0 Å². The molecule has 0 radical (unpaired) electrons. The number of carbonyl (C=O) groups excluding carboxylic acids is 1. The van der Waals surface area contributed by atoms with E-state index in [-0.39, 0.29) is 17.9 Å². The van der Waals surface area contributed by atoms with E-state index < -0.39 is 10.2 Å². The van der Waals surface area contributed by atoms with Gasteiger partial charge < -0.3 is 0 Å². The molecule has 0 spiro atoms. The molecule has 2 aliphatic carbocycles. The molecule has 132 valence electrons. The smallest absolute Gasteiger partial charge is 0.274 e.